The number of amides is 1. The highest BCUT2D eigenvalue weighted by Gasteiger charge is 2.18. The number of hydrogen-bond acceptors (Lipinski definition) is 7. The summed E-state index contributed by atoms with van der Waals surface area (Å²) in [5, 5.41) is 19.6. The monoisotopic (exact) mass is 447 g/mol. The van der Waals surface area contributed by atoms with E-state index in [2.05, 4.69) is 15.4 Å². The van der Waals surface area contributed by atoms with Crippen LogP contribution in [-0.2, 0) is 22.6 Å². The maximum Gasteiger partial charge on any atom is 0.257 e. The van der Waals surface area contributed by atoms with Crippen molar-refractivity contribution in [2.24, 2.45) is 5.10 Å². The first-order valence-electron chi connectivity index (χ1n) is 10.6. The molecule has 0 aliphatic carbocycles. The second kappa shape index (κ2) is 10.1. The van der Waals surface area contributed by atoms with Crippen molar-refractivity contribution in [2.75, 3.05) is 19.0 Å². The molecule has 9 nitrogen and oxygen atoms in total. The number of nitrogens with one attached hydrogen (secondary N) is 1. The van der Waals surface area contributed by atoms with E-state index in [-0.39, 0.29) is 25.0 Å². The molecule has 1 atom stereocenters. The zero-order valence-corrected chi connectivity index (χ0v) is 18.2. The highest BCUT2D eigenvalue weighted by molar-refractivity contribution is 6.04. The Hall–Kier alpha value is -3.98. The topological polar surface area (TPSA) is 109 Å². The van der Waals surface area contributed by atoms with Crippen LogP contribution in [0, 0.1) is 0 Å². The molecule has 0 saturated carbocycles. The van der Waals surface area contributed by atoms with E-state index in [1.807, 2.05) is 30.3 Å². The van der Waals surface area contributed by atoms with Gasteiger partial charge in [0.25, 0.3) is 5.91 Å². The van der Waals surface area contributed by atoms with Gasteiger partial charge in [-0.1, -0.05) is 24.3 Å². The van der Waals surface area contributed by atoms with E-state index in [0.29, 0.717) is 30.8 Å². The molecule has 1 aromatic heterocycles. The lowest BCUT2D eigenvalue weighted by Gasteiger charge is -2.18. The predicted octanol–water partition coefficient (Wildman–Crippen LogP) is 2.57. The quantitative estimate of drug-likeness (QED) is 0.462. The lowest BCUT2D eigenvalue weighted by molar-refractivity contribution is -0.104. The minimum atomic E-state index is -0.761. The molecule has 4 rings (SSSR count). The summed E-state index contributed by atoms with van der Waals surface area (Å²) >= 11 is 0. The summed E-state index contributed by atoms with van der Waals surface area (Å²) in [5.41, 5.74) is 2.88. The zero-order valence-electron chi connectivity index (χ0n) is 18.2. The third kappa shape index (κ3) is 5.45. The van der Waals surface area contributed by atoms with Gasteiger partial charge in [-0.25, -0.2) is 4.98 Å². The number of allylic oxidation sites excluding steroid dienone is 1. The standard InChI is InChI=1S/C24H25N5O4/c1-28-15-17-6-4-7-18(14-17)23(32)26-24-25-20-8-2-3-9-21(20)29(24)16-19(31)11-13-33-22(27-28)10-5-12-30/h2-10,12,14,19,31H,11,13,15-16H2,1H3,(H,25,26,32)/b10-5-,27-22?. The predicted molar refractivity (Wildman–Crippen MR) is 125 cm³/mol. The summed E-state index contributed by atoms with van der Waals surface area (Å²) in [6.07, 6.45) is 2.98. The molecule has 0 fully saturated rings. The van der Waals surface area contributed by atoms with E-state index < -0.39 is 6.10 Å². The van der Waals surface area contributed by atoms with Crippen molar-refractivity contribution in [3.8, 4) is 0 Å². The highest BCUT2D eigenvalue weighted by atomic mass is 16.5. The van der Waals surface area contributed by atoms with Gasteiger partial charge in [-0.05, 0) is 35.9 Å². The normalized spacial score (nSPS) is 17.9. The van der Waals surface area contributed by atoms with Crippen molar-refractivity contribution in [2.45, 2.75) is 25.6 Å². The van der Waals surface area contributed by atoms with Gasteiger partial charge in [-0.3, -0.25) is 19.9 Å². The van der Waals surface area contributed by atoms with Crippen molar-refractivity contribution in [1.29, 1.82) is 0 Å². The van der Waals surface area contributed by atoms with Crippen molar-refractivity contribution in [3.63, 3.8) is 0 Å². The van der Waals surface area contributed by atoms with E-state index >= 15 is 0 Å². The maximum atomic E-state index is 13.0. The van der Waals surface area contributed by atoms with Crippen LogP contribution in [0.2, 0.25) is 0 Å². The van der Waals surface area contributed by atoms with Crippen LogP contribution in [-0.4, -0.2) is 57.5 Å². The molecule has 2 N–H and O–H groups in total. The van der Waals surface area contributed by atoms with Gasteiger partial charge in [0.2, 0.25) is 11.8 Å². The summed E-state index contributed by atoms with van der Waals surface area (Å²) < 4.78 is 7.52. The van der Waals surface area contributed by atoms with Crippen LogP contribution in [0.1, 0.15) is 22.3 Å². The third-order valence-electron chi connectivity index (χ3n) is 5.16. The van der Waals surface area contributed by atoms with Gasteiger partial charge >= 0.3 is 0 Å². The van der Waals surface area contributed by atoms with E-state index in [4.69, 9.17) is 4.74 Å². The van der Waals surface area contributed by atoms with Crippen LogP contribution >= 0.6 is 0 Å². The molecule has 2 bridgehead atoms. The fourth-order valence-electron chi connectivity index (χ4n) is 3.64. The molecule has 1 aliphatic rings. The molecule has 9 heteroatoms. The van der Waals surface area contributed by atoms with Gasteiger partial charge in [0.1, 0.15) is 6.29 Å². The second-order valence-electron chi connectivity index (χ2n) is 7.73. The summed E-state index contributed by atoms with van der Waals surface area (Å²) in [4.78, 5) is 28.3. The molecule has 0 spiro atoms. The number of benzene rings is 2. The van der Waals surface area contributed by atoms with Crippen LogP contribution in [0.25, 0.3) is 11.0 Å². The molecule has 170 valence electrons. The lowest BCUT2D eigenvalue weighted by Crippen LogP contribution is -2.23. The number of hydrazone groups is 1. The first kappa shape index (κ1) is 22.2. The largest absolute Gasteiger partial charge is 0.477 e. The van der Waals surface area contributed by atoms with Gasteiger partial charge in [0.15, 0.2) is 0 Å². The van der Waals surface area contributed by atoms with E-state index in [1.54, 1.807) is 34.8 Å². The first-order valence-corrected chi connectivity index (χ1v) is 10.6. The maximum absolute atomic E-state index is 13.0. The molecule has 2 aromatic carbocycles. The van der Waals surface area contributed by atoms with Crippen LogP contribution in [0.5, 0.6) is 0 Å². The number of rotatable bonds is 2. The smallest absolute Gasteiger partial charge is 0.257 e. The van der Waals surface area contributed by atoms with Gasteiger partial charge in [0.05, 0.1) is 36.8 Å². The Morgan fingerprint density at radius 3 is 2.91 bits per heavy atom. The van der Waals surface area contributed by atoms with Crippen LogP contribution in [0.3, 0.4) is 0 Å². The number of hydrogen-bond donors (Lipinski definition) is 2. The lowest BCUT2D eigenvalue weighted by atomic mass is 10.1. The van der Waals surface area contributed by atoms with Gasteiger partial charge < -0.3 is 14.4 Å². The minimum Gasteiger partial charge on any atom is -0.477 e. The minimum absolute atomic E-state index is 0.195. The van der Waals surface area contributed by atoms with Crippen molar-refractivity contribution >= 4 is 35.1 Å². The van der Waals surface area contributed by atoms with Gasteiger partial charge in [-0.2, -0.15) is 0 Å². The van der Waals surface area contributed by atoms with Gasteiger partial charge in [0, 0.05) is 25.1 Å². The molecule has 1 unspecified atom stereocenters. The molecular weight excluding hydrogens is 422 g/mol. The van der Waals surface area contributed by atoms with E-state index in [0.717, 1.165) is 16.6 Å². The Bertz CT molecular complexity index is 1220. The Morgan fingerprint density at radius 1 is 1.21 bits per heavy atom. The SMILES string of the molecule is CN1Cc2cccc(c2)C(=O)Nc2nc3ccccc3n2CC(O)CCOC(/C=C\C=O)=N1. The number of imidazole rings is 1. The van der Waals surface area contributed by atoms with Crippen molar-refractivity contribution < 1.29 is 19.4 Å². The molecule has 0 saturated heterocycles. The Morgan fingerprint density at radius 2 is 2.06 bits per heavy atom. The number of fused-ring (bicyclic) bond motifs is 5. The molecule has 2 heterocycles. The highest BCUT2D eigenvalue weighted by Crippen LogP contribution is 2.21. The average molecular weight is 447 g/mol. The number of para-hydroxylation sites is 2. The number of aromatic nitrogens is 2. The molecule has 3 aromatic rings. The second-order valence-corrected chi connectivity index (χ2v) is 7.73. The Kier molecular flexibility index (Phi) is 6.80. The molecule has 0 radical (unpaired) electrons. The Balaban J connectivity index is 1.72. The number of nitrogens with zero attached hydrogens (tertiary/aromatic N) is 4. The van der Waals surface area contributed by atoms with Crippen LogP contribution < -0.4 is 5.32 Å². The molecule has 1 aliphatic heterocycles. The van der Waals surface area contributed by atoms with Gasteiger partial charge in [-0.15, -0.1) is 5.10 Å². The number of aliphatic hydroxyl groups excluding tert-OH is 1. The fraction of sp³-hybridized carbons (Fsp3) is 0.250. The molecule has 33 heavy (non-hydrogen) atoms. The number of anilines is 1. The number of carbonyl (C=O) groups excluding carboxylic acids is 2. The van der Waals surface area contributed by atoms with Crippen LogP contribution in [0.4, 0.5) is 5.95 Å². The van der Waals surface area contributed by atoms with E-state index in [1.165, 1.54) is 12.2 Å². The first-order chi connectivity index (χ1) is 16.0. The summed E-state index contributed by atoms with van der Waals surface area (Å²) in [5.74, 6) is 0.331. The summed E-state index contributed by atoms with van der Waals surface area (Å²) in [6.45, 7) is 0.834. The molecule has 1 amide bonds. The number of aliphatic hydroxyl groups is 1. The Labute approximate surface area is 191 Å². The third-order valence-corrected chi connectivity index (χ3v) is 5.16. The number of aldehydes is 1. The van der Waals surface area contributed by atoms with Crippen molar-refractivity contribution in [1.82, 2.24) is 14.6 Å². The summed E-state index contributed by atoms with van der Waals surface area (Å²) in [6, 6.07) is 14.7. The van der Waals surface area contributed by atoms with Crippen LogP contribution in [0.15, 0.2) is 65.8 Å². The average Bonchev–Trinajstić information content (AvgIpc) is 3.13. The fourth-order valence-corrected chi connectivity index (χ4v) is 3.64. The number of carbonyl (C=O) groups is 2. The number of ether oxygens (including phenoxy) is 1. The summed E-state index contributed by atoms with van der Waals surface area (Å²) in [7, 11) is 1.77. The van der Waals surface area contributed by atoms with Crippen molar-refractivity contribution in [3.05, 3.63) is 71.8 Å². The zero-order chi connectivity index (χ0) is 23.2. The van der Waals surface area contributed by atoms with E-state index in [9.17, 15) is 14.7 Å². The molecular formula is C24H25N5O4.